The SMILES string of the molecule is CCCn1c(=O)n(CCC(=O)N2CCC(OCCCN)CC2)c2ccccc21. The van der Waals surface area contributed by atoms with Crippen LogP contribution in [-0.4, -0.2) is 52.3 Å². The third-order valence-corrected chi connectivity index (χ3v) is 5.42. The van der Waals surface area contributed by atoms with Gasteiger partial charge in [-0.3, -0.25) is 13.9 Å². The number of nitrogens with two attached hydrogens (primary N) is 1. The van der Waals surface area contributed by atoms with E-state index in [1.165, 1.54) is 0 Å². The molecule has 7 heteroatoms. The first-order chi connectivity index (χ1) is 13.7. The Kier molecular flexibility index (Phi) is 7.28. The van der Waals surface area contributed by atoms with Crippen molar-refractivity contribution in [2.24, 2.45) is 5.73 Å². The lowest BCUT2D eigenvalue weighted by Crippen LogP contribution is -2.41. The van der Waals surface area contributed by atoms with Gasteiger partial charge in [-0.15, -0.1) is 0 Å². The zero-order valence-electron chi connectivity index (χ0n) is 16.8. The van der Waals surface area contributed by atoms with Crippen molar-refractivity contribution in [3.63, 3.8) is 0 Å². The van der Waals surface area contributed by atoms with E-state index in [1.807, 2.05) is 33.7 Å². The van der Waals surface area contributed by atoms with Crippen LogP contribution in [0.3, 0.4) is 0 Å². The lowest BCUT2D eigenvalue weighted by atomic mass is 10.1. The van der Waals surface area contributed by atoms with Gasteiger partial charge in [0, 0.05) is 39.2 Å². The third kappa shape index (κ3) is 4.64. The van der Waals surface area contributed by atoms with Gasteiger partial charge in [-0.25, -0.2) is 4.79 Å². The van der Waals surface area contributed by atoms with Gasteiger partial charge in [-0.05, 0) is 44.4 Å². The highest BCUT2D eigenvalue weighted by atomic mass is 16.5. The maximum absolute atomic E-state index is 12.8. The van der Waals surface area contributed by atoms with Crippen molar-refractivity contribution in [1.82, 2.24) is 14.0 Å². The van der Waals surface area contributed by atoms with Gasteiger partial charge in [-0.1, -0.05) is 19.1 Å². The normalized spacial score (nSPS) is 15.4. The number of likely N-dealkylation sites (tertiary alicyclic amines) is 1. The topological polar surface area (TPSA) is 82.5 Å². The van der Waals surface area contributed by atoms with Crippen LogP contribution in [0, 0.1) is 0 Å². The lowest BCUT2D eigenvalue weighted by Gasteiger charge is -2.32. The number of fused-ring (bicyclic) bond motifs is 1. The molecule has 1 aliphatic heterocycles. The summed E-state index contributed by atoms with van der Waals surface area (Å²) in [7, 11) is 0. The van der Waals surface area contributed by atoms with Crippen LogP contribution in [0.15, 0.2) is 29.1 Å². The number of para-hydroxylation sites is 2. The van der Waals surface area contributed by atoms with Gasteiger partial charge in [-0.2, -0.15) is 0 Å². The summed E-state index contributed by atoms with van der Waals surface area (Å²) < 4.78 is 9.36. The summed E-state index contributed by atoms with van der Waals surface area (Å²) >= 11 is 0. The van der Waals surface area contributed by atoms with Crippen LogP contribution in [0.2, 0.25) is 0 Å². The number of imidazole rings is 1. The molecule has 28 heavy (non-hydrogen) atoms. The average Bonchev–Trinajstić information content (AvgIpc) is 2.98. The molecule has 0 aliphatic carbocycles. The van der Waals surface area contributed by atoms with E-state index < -0.39 is 0 Å². The molecule has 0 unspecified atom stereocenters. The fraction of sp³-hybridized carbons (Fsp3) is 0.619. The summed E-state index contributed by atoms with van der Waals surface area (Å²) in [6, 6.07) is 7.81. The molecule has 2 aromatic rings. The molecular formula is C21H32N4O3. The second-order valence-electron chi connectivity index (χ2n) is 7.42. The van der Waals surface area contributed by atoms with Crippen molar-refractivity contribution >= 4 is 16.9 Å². The Balaban J connectivity index is 1.58. The maximum Gasteiger partial charge on any atom is 0.329 e. The molecule has 0 spiro atoms. The molecule has 3 rings (SSSR count). The zero-order valence-corrected chi connectivity index (χ0v) is 16.8. The smallest absolute Gasteiger partial charge is 0.329 e. The summed E-state index contributed by atoms with van der Waals surface area (Å²) in [6.07, 6.45) is 4.08. The number of aromatic nitrogens is 2. The van der Waals surface area contributed by atoms with Gasteiger partial charge in [0.1, 0.15) is 0 Å². The van der Waals surface area contributed by atoms with Gasteiger partial charge in [0.15, 0.2) is 0 Å². The Bertz CT molecular complexity index is 834. The predicted molar refractivity (Wildman–Crippen MR) is 110 cm³/mol. The molecule has 1 saturated heterocycles. The molecule has 1 aromatic heterocycles. The Morgan fingerprint density at radius 3 is 2.39 bits per heavy atom. The number of rotatable bonds is 9. The summed E-state index contributed by atoms with van der Waals surface area (Å²) in [5.74, 6) is 0.111. The van der Waals surface area contributed by atoms with Crippen molar-refractivity contribution in [3.05, 3.63) is 34.7 Å². The predicted octanol–water partition coefficient (Wildman–Crippen LogP) is 1.96. The first-order valence-corrected chi connectivity index (χ1v) is 10.4. The van der Waals surface area contributed by atoms with Crippen molar-refractivity contribution in [1.29, 1.82) is 0 Å². The third-order valence-electron chi connectivity index (χ3n) is 5.42. The minimum atomic E-state index is -0.0251. The number of nitrogens with zero attached hydrogens (tertiary/aromatic N) is 3. The van der Waals surface area contributed by atoms with Crippen LogP contribution >= 0.6 is 0 Å². The Hall–Kier alpha value is -2.12. The first kappa shape index (κ1) is 20.6. The maximum atomic E-state index is 12.8. The minimum absolute atomic E-state index is 0.0251. The number of piperidine rings is 1. The molecule has 1 fully saturated rings. The van der Waals surface area contributed by atoms with Crippen LogP contribution in [0.5, 0.6) is 0 Å². The second kappa shape index (κ2) is 9.89. The van der Waals surface area contributed by atoms with E-state index in [-0.39, 0.29) is 17.7 Å². The Morgan fingerprint density at radius 1 is 1.14 bits per heavy atom. The summed E-state index contributed by atoms with van der Waals surface area (Å²) in [5.41, 5.74) is 7.31. The number of amides is 1. The highest BCUT2D eigenvalue weighted by Gasteiger charge is 2.23. The lowest BCUT2D eigenvalue weighted by molar-refractivity contribution is -0.134. The molecule has 0 bridgehead atoms. The number of hydrogen-bond acceptors (Lipinski definition) is 4. The summed E-state index contributed by atoms with van der Waals surface area (Å²) in [4.78, 5) is 27.4. The van der Waals surface area contributed by atoms with Crippen molar-refractivity contribution in [3.8, 4) is 0 Å². The number of aryl methyl sites for hydroxylation is 2. The Morgan fingerprint density at radius 2 is 1.79 bits per heavy atom. The molecule has 0 saturated carbocycles. The van der Waals surface area contributed by atoms with Crippen molar-refractivity contribution in [2.75, 3.05) is 26.2 Å². The molecule has 0 atom stereocenters. The van der Waals surface area contributed by atoms with Gasteiger partial charge in [0.25, 0.3) is 0 Å². The number of ether oxygens (including phenoxy) is 1. The fourth-order valence-corrected chi connectivity index (χ4v) is 3.90. The van der Waals surface area contributed by atoms with E-state index in [9.17, 15) is 9.59 Å². The average molecular weight is 389 g/mol. The van der Waals surface area contributed by atoms with Crippen LogP contribution in [0.25, 0.3) is 11.0 Å². The molecule has 7 nitrogen and oxygen atoms in total. The van der Waals surface area contributed by atoms with Crippen LogP contribution in [0.1, 0.15) is 39.0 Å². The molecule has 2 heterocycles. The summed E-state index contributed by atoms with van der Waals surface area (Å²) in [6.45, 7) is 5.95. The zero-order chi connectivity index (χ0) is 19.9. The van der Waals surface area contributed by atoms with Crippen molar-refractivity contribution in [2.45, 2.75) is 58.2 Å². The van der Waals surface area contributed by atoms with E-state index in [0.29, 0.717) is 32.7 Å². The molecule has 1 aromatic carbocycles. The highest BCUT2D eigenvalue weighted by Crippen LogP contribution is 2.17. The highest BCUT2D eigenvalue weighted by molar-refractivity contribution is 5.78. The van der Waals surface area contributed by atoms with E-state index in [0.717, 1.165) is 49.8 Å². The monoisotopic (exact) mass is 388 g/mol. The van der Waals surface area contributed by atoms with E-state index in [1.54, 1.807) is 4.57 Å². The molecule has 1 amide bonds. The number of hydrogen-bond donors (Lipinski definition) is 1. The van der Waals surface area contributed by atoms with Crippen molar-refractivity contribution < 1.29 is 9.53 Å². The van der Waals surface area contributed by atoms with Gasteiger partial charge in [0.2, 0.25) is 5.91 Å². The number of carbonyl (C=O) groups excluding carboxylic acids is 1. The Labute approximate surface area is 166 Å². The van der Waals surface area contributed by atoms with Crippen LogP contribution in [-0.2, 0) is 22.6 Å². The fourth-order valence-electron chi connectivity index (χ4n) is 3.90. The minimum Gasteiger partial charge on any atom is -0.378 e. The van der Waals surface area contributed by atoms with Crippen LogP contribution < -0.4 is 11.4 Å². The molecule has 1 aliphatic rings. The van der Waals surface area contributed by atoms with Gasteiger partial charge < -0.3 is 15.4 Å². The first-order valence-electron chi connectivity index (χ1n) is 10.4. The molecule has 2 N–H and O–H groups in total. The van der Waals surface area contributed by atoms with Crippen LogP contribution in [0.4, 0.5) is 0 Å². The second-order valence-corrected chi connectivity index (χ2v) is 7.42. The summed E-state index contributed by atoms with van der Waals surface area (Å²) in [5, 5.41) is 0. The van der Waals surface area contributed by atoms with Gasteiger partial charge in [0.05, 0.1) is 17.1 Å². The molecular weight excluding hydrogens is 356 g/mol. The number of benzene rings is 1. The largest absolute Gasteiger partial charge is 0.378 e. The standard InChI is InChI=1S/C21H32N4O3/c1-2-12-24-18-6-3-4-7-19(18)25(21(24)27)15-10-20(26)23-13-8-17(9-14-23)28-16-5-11-22/h3-4,6-7,17H,2,5,8-16,22H2,1H3. The quantitative estimate of drug-likeness (QED) is 0.666. The molecule has 154 valence electrons. The van der Waals surface area contributed by atoms with Gasteiger partial charge >= 0.3 is 5.69 Å². The van der Waals surface area contributed by atoms with E-state index >= 15 is 0 Å². The van der Waals surface area contributed by atoms with E-state index in [4.69, 9.17) is 10.5 Å². The van der Waals surface area contributed by atoms with E-state index in [2.05, 4.69) is 6.92 Å². The molecule has 0 radical (unpaired) electrons. The number of carbonyl (C=O) groups is 1.